The van der Waals surface area contributed by atoms with Crippen molar-refractivity contribution >= 4 is 40.9 Å². The first-order valence-electron chi connectivity index (χ1n) is 12.0. The summed E-state index contributed by atoms with van der Waals surface area (Å²) in [5, 5.41) is 20.6. The number of carbonyl (C=O) groups is 3. The molecule has 7 nitrogen and oxygen atoms in total. The number of allylic oxidation sites excluding steroid dienone is 4. The Balaban J connectivity index is 1.86. The molecule has 4 aliphatic rings. The number of fused-ring (bicyclic) bond motifs is 5. The number of halogens is 4. The molecule has 9 atom stereocenters. The van der Waals surface area contributed by atoms with E-state index in [-0.39, 0.29) is 31.4 Å². The third kappa shape index (κ3) is 3.45. The SMILES string of the molecule is C[C@H]1C[C@H]2[C@@H]3C[C@H](F)C4=CC(=O)C=C[C@]4(C)[C@@]3(F)[C@@H](O)C[C@]2(C)[C@@]1(OC(=O)C(Cl)Cl)C(=O)OCCO. The smallest absolute Gasteiger partial charge is 0.351 e. The summed E-state index contributed by atoms with van der Waals surface area (Å²) in [5.41, 5.74) is -7.38. The van der Waals surface area contributed by atoms with E-state index < -0.39 is 81.3 Å². The number of esters is 2. The lowest BCUT2D eigenvalue weighted by Gasteiger charge is -2.63. The Morgan fingerprint density at radius 2 is 1.92 bits per heavy atom. The molecule has 2 N–H and O–H groups in total. The molecule has 200 valence electrons. The zero-order chi connectivity index (χ0) is 26.8. The molecule has 0 aromatic heterocycles. The monoisotopic (exact) mass is 550 g/mol. The number of hydrogen-bond donors (Lipinski definition) is 2. The fourth-order valence-corrected chi connectivity index (χ4v) is 7.76. The Hall–Kier alpha value is -1.55. The molecular weight excluding hydrogens is 521 g/mol. The van der Waals surface area contributed by atoms with Crippen LogP contribution in [-0.2, 0) is 23.9 Å². The largest absolute Gasteiger partial charge is 0.460 e. The van der Waals surface area contributed by atoms with Gasteiger partial charge >= 0.3 is 11.9 Å². The number of hydrogen-bond acceptors (Lipinski definition) is 7. The van der Waals surface area contributed by atoms with Crippen molar-refractivity contribution in [2.24, 2.45) is 28.6 Å². The van der Waals surface area contributed by atoms with Gasteiger partial charge in [0.2, 0.25) is 10.4 Å². The minimum absolute atomic E-state index is 0.0189. The molecule has 3 saturated carbocycles. The van der Waals surface area contributed by atoms with Crippen LogP contribution in [0.2, 0.25) is 0 Å². The van der Waals surface area contributed by atoms with E-state index in [1.165, 1.54) is 19.1 Å². The van der Waals surface area contributed by atoms with Crippen molar-refractivity contribution in [3.05, 3.63) is 23.8 Å². The summed E-state index contributed by atoms with van der Waals surface area (Å²) in [6, 6.07) is 0. The molecule has 0 unspecified atom stereocenters. The van der Waals surface area contributed by atoms with Gasteiger partial charge in [-0.3, -0.25) is 4.79 Å². The van der Waals surface area contributed by atoms with Crippen LogP contribution in [0.1, 0.15) is 40.0 Å². The zero-order valence-electron chi connectivity index (χ0n) is 20.2. The number of ketones is 1. The molecule has 0 aromatic carbocycles. The fraction of sp³-hybridized carbons (Fsp3) is 0.720. The summed E-state index contributed by atoms with van der Waals surface area (Å²) in [7, 11) is 0. The highest BCUT2D eigenvalue weighted by atomic mass is 35.5. The maximum Gasteiger partial charge on any atom is 0.351 e. The number of alkyl halides is 4. The van der Waals surface area contributed by atoms with Crippen LogP contribution in [0.5, 0.6) is 0 Å². The van der Waals surface area contributed by atoms with Crippen molar-refractivity contribution in [2.45, 2.75) is 68.4 Å². The first-order valence-corrected chi connectivity index (χ1v) is 12.8. The standard InChI is InChI=1S/C25H30Cl2F2O7/c1-12-8-14-15-10-17(28)16-9-13(31)4-5-22(16,2)24(15,29)18(32)11-23(14,3)25(12,21(34)35-7-6-30)36-20(33)19(26)27/h4-5,9,12,14-15,17-19,30,32H,6-8,10-11H2,1-3H3/t12-,14-,15-,17-,18-,22-,23-,24-,25-/m0/s1. The van der Waals surface area contributed by atoms with Gasteiger partial charge in [-0.05, 0) is 49.8 Å². The zero-order valence-corrected chi connectivity index (χ0v) is 21.7. The van der Waals surface area contributed by atoms with Crippen LogP contribution in [0.25, 0.3) is 0 Å². The Kier molecular flexibility index (Phi) is 6.90. The second-order valence-corrected chi connectivity index (χ2v) is 11.9. The third-order valence-electron chi connectivity index (χ3n) is 9.24. The van der Waals surface area contributed by atoms with Crippen molar-refractivity contribution in [3.8, 4) is 0 Å². The molecule has 11 heteroatoms. The van der Waals surface area contributed by atoms with Gasteiger partial charge < -0.3 is 19.7 Å². The Bertz CT molecular complexity index is 1030. The van der Waals surface area contributed by atoms with Crippen LogP contribution in [0.15, 0.2) is 23.8 Å². The van der Waals surface area contributed by atoms with E-state index in [4.69, 9.17) is 32.7 Å². The summed E-state index contributed by atoms with van der Waals surface area (Å²) in [6.07, 6.45) is -0.268. The van der Waals surface area contributed by atoms with Crippen LogP contribution in [0, 0.1) is 28.6 Å². The third-order valence-corrected chi connectivity index (χ3v) is 9.59. The van der Waals surface area contributed by atoms with Crippen LogP contribution in [-0.4, -0.2) is 69.5 Å². The van der Waals surface area contributed by atoms with E-state index in [1.807, 2.05) is 0 Å². The van der Waals surface area contributed by atoms with Gasteiger partial charge in [0.1, 0.15) is 12.8 Å². The fourth-order valence-electron chi connectivity index (χ4n) is 7.67. The van der Waals surface area contributed by atoms with Gasteiger partial charge in [0.15, 0.2) is 11.5 Å². The van der Waals surface area contributed by atoms with E-state index in [9.17, 15) is 24.6 Å². The summed E-state index contributed by atoms with van der Waals surface area (Å²) in [5.74, 6) is -5.09. The van der Waals surface area contributed by atoms with E-state index in [0.717, 1.165) is 6.08 Å². The molecule has 0 heterocycles. The second-order valence-electron chi connectivity index (χ2n) is 10.8. The molecule has 4 rings (SSSR count). The number of aliphatic hydroxyl groups excluding tert-OH is 2. The second kappa shape index (κ2) is 9.03. The highest BCUT2D eigenvalue weighted by Gasteiger charge is 2.78. The van der Waals surface area contributed by atoms with Gasteiger partial charge in [-0.25, -0.2) is 18.4 Å². The summed E-state index contributed by atoms with van der Waals surface area (Å²) >= 11 is 11.5. The number of ether oxygens (including phenoxy) is 2. The molecule has 0 bridgehead atoms. The van der Waals surface area contributed by atoms with Crippen molar-refractivity contribution in [1.82, 2.24) is 0 Å². The quantitative estimate of drug-likeness (QED) is 0.399. The van der Waals surface area contributed by atoms with E-state index in [2.05, 4.69) is 0 Å². The maximum absolute atomic E-state index is 17.3. The van der Waals surface area contributed by atoms with Crippen molar-refractivity contribution in [3.63, 3.8) is 0 Å². The average molecular weight is 551 g/mol. The van der Waals surface area contributed by atoms with Gasteiger partial charge in [0.25, 0.3) is 0 Å². The van der Waals surface area contributed by atoms with Gasteiger partial charge in [-0.2, -0.15) is 0 Å². The molecule has 0 amide bonds. The minimum atomic E-state index is -2.36. The van der Waals surface area contributed by atoms with Crippen molar-refractivity contribution in [1.29, 1.82) is 0 Å². The van der Waals surface area contributed by atoms with Gasteiger partial charge in [-0.15, -0.1) is 0 Å². The highest BCUT2D eigenvalue weighted by Crippen LogP contribution is 2.71. The average Bonchev–Trinajstić information content (AvgIpc) is 3.02. The molecule has 0 radical (unpaired) electrons. The lowest BCUT2D eigenvalue weighted by molar-refractivity contribution is -0.239. The molecule has 4 aliphatic carbocycles. The van der Waals surface area contributed by atoms with Crippen molar-refractivity contribution < 1.29 is 42.9 Å². The molecule has 0 spiro atoms. The maximum atomic E-state index is 17.3. The van der Waals surface area contributed by atoms with E-state index in [0.29, 0.717) is 0 Å². The Morgan fingerprint density at radius 1 is 1.25 bits per heavy atom. The van der Waals surface area contributed by atoms with Gasteiger partial charge in [0.05, 0.1) is 12.7 Å². The molecule has 36 heavy (non-hydrogen) atoms. The van der Waals surface area contributed by atoms with Crippen LogP contribution in [0.4, 0.5) is 8.78 Å². The first kappa shape index (κ1) is 27.5. The lowest BCUT2D eigenvalue weighted by atomic mass is 9.44. The predicted molar refractivity (Wildman–Crippen MR) is 126 cm³/mol. The highest BCUT2D eigenvalue weighted by molar-refractivity contribution is 6.53. The molecule has 3 fully saturated rings. The van der Waals surface area contributed by atoms with Crippen LogP contribution >= 0.6 is 23.2 Å². The number of carbonyl (C=O) groups excluding carboxylic acids is 3. The summed E-state index contributed by atoms with van der Waals surface area (Å²) in [4.78, 5) is 36.4. The molecule has 0 aromatic rings. The van der Waals surface area contributed by atoms with Crippen LogP contribution in [0.3, 0.4) is 0 Å². The van der Waals surface area contributed by atoms with E-state index >= 15 is 8.78 Å². The number of rotatable bonds is 5. The predicted octanol–water partition coefficient (Wildman–Crippen LogP) is 3.17. The summed E-state index contributed by atoms with van der Waals surface area (Å²) in [6.45, 7) is 3.82. The molecular formula is C25H30Cl2F2O7. The van der Waals surface area contributed by atoms with Crippen molar-refractivity contribution in [2.75, 3.05) is 13.2 Å². The van der Waals surface area contributed by atoms with Gasteiger partial charge in [0, 0.05) is 22.7 Å². The Labute approximate surface area is 217 Å². The van der Waals surface area contributed by atoms with E-state index in [1.54, 1.807) is 13.8 Å². The van der Waals surface area contributed by atoms with Crippen LogP contribution < -0.4 is 0 Å². The molecule has 0 aliphatic heterocycles. The van der Waals surface area contributed by atoms with Gasteiger partial charge in [-0.1, -0.05) is 43.1 Å². The topological polar surface area (TPSA) is 110 Å². The molecule has 0 saturated heterocycles. The summed E-state index contributed by atoms with van der Waals surface area (Å²) < 4.78 is 43.8. The Morgan fingerprint density at radius 3 is 2.53 bits per heavy atom. The normalized spacial score (nSPS) is 45.4. The first-order chi connectivity index (χ1) is 16.7. The number of aliphatic hydroxyl groups is 2. The minimum Gasteiger partial charge on any atom is -0.460 e. The lowest BCUT2D eigenvalue weighted by Crippen LogP contribution is -2.71.